The Morgan fingerprint density at radius 2 is 1.95 bits per heavy atom. The van der Waals surface area contributed by atoms with Gasteiger partial charge in [0.25, 0.3) is 0 Å². The zero-order valence-corrected chi connectivity index (χ0v) is 12.9. The molecule has 0 saturated heterocycles. The van der Waals surface area contributed by atoms with Gasteiger partial charge in [0.1, 0.15) is 5.82 Å². The maximum Gasteiger partial charge on any atom is 0.162 e. The molecule has 108 valence electrons. The van der Waals surface area contributed by atoms with Crippen LogP contribution in [0.5, 0.6) is 0 Å². The van der Waals surface area contributed by atoms with Crippen LogP contribution in [0.2, 0.25) is 0 Å². The van der Waals surface area contributed by atoms with Crippen molar-refractivity contribution in [2.24, 2.45) is 5.73 Å². The highest BCUT2D eigenvalue weighted by molar-refractivity contribution is 7.19. The van der Waals surface area contributed by atoms with Crippen molar-refractivity contribution in [1.82, 2.24) is 15.0 Å². The molecule has 3 heterocycles. The Hall–Kier alpha value is -2.05. The number of rotatable bonds is 4. The van der Waals surface area contributed by atoms with Crippen molar-refractivity contribution in [2.75, 3.05) is 18.4 Å². The quantitative estimate of drug-likeness (QED) is 0.774. The zero-order valence-electron chi connectivity index (χ0n) is 12.1. The molecule has 0 saturated carbocycles. The van der Waals surface area contributed by atoms with Crippen LogP contribution in [0, 0.1) is 13.8 Å². The van der Waals surface area contributed by atoms with Gasteiger partial charge in [0.15, 0.2) is 5.82 Å². The lowest BCUT2D eigenvalue weighted by molar-refractivity contribution is 1.01. The van der Waals surface area contributed by atoms with Crippen LogP contribution in [0.4, 0.5) is 5.82 Å². The maximum atomic E-state index is 5.59. The topological polar surface area (TPSA) is 76.7 Å². The monoisotopic (exact) mass is 299 g/mol. The molecule has 0 bridgehead atoms. The van der Waals surface area contributed by atoms with E-state index in [1.54, 1.807) is 23.7 Å². The van der Waals surface area contributed by atoms with Gasteiger partial charge in [-0.3, -0.25) is 4.98 Å². The van der Waals surface area contributed by atoms with Gasteiger partial charge in [0.2, 0.25) is 0 Å². The number of thiophene rings is 1. The Balaban J connectivity index is 2.20. The van der Waals surface area contributed by atoms with Gasteiger partial charge >= 0.3 is 0 Å². The third-order valence-corrected chi connectivity index (χ3v) is 4.58. The summed E-state index contributed by atoms with van der Waals surface area (Å²) in [5.74, 6) is 1.57. The van der Waals surface area contributed by atoms with Gasteiger partial charge < -0.3 is 11.1 Å². The summed E-state index contributed by atoms with van der Waals surface area (Å²) < 4.78 is 1.09. The van der Waals surface area contributed by atoms with Gasteiger partial charge in [-0.05, 0) is 31.5 Å². The molecule has 3 aromatic heterocycles. The van der Waals surface area contributed by atoms with Crippen LogP contribution in [-0.2, 0) is 0 Å². The summed E-state index contributed by atoms with van der Waals surface area (Å²) in [7, 11) is 0. The molecule has 3 aromatic rings. The molecule has 21 heavy (non-hydrogen) atoms. The van der Waals surface area contributed by atoms with Crippen LogP contribution in [-0.4, -0.2) is 28.0 Å². The smallest absolute Gasteiger partial charge is 0.162 e. The van der Waals surface area contributed by atoms with E-state index in [1.807, 2.05) is 12.1 Å². The molecule has 0 aliphatic carbocycles. The molecule has 3 rings (SSSR count). The van der Waals surface area contributed by atoms with Crippen molar-refractivity contribution in [3.05, 3.63) is 35.0 Å². The third-order valence-electron chi connectivity index (χ3n) is 3.38. The average Bonchev–Trinajstić information content (AvgIpc) is 2.81. The molecule has 0 atom stereocenters. The van der Waals surface area contributed by atoms with Crippen LogP contribution >= 0.6 is 11.3 Å². The average molecular weight is 299 g/mol. The summed E-state index contributed by atoms with van der Waals surface area (Å²) >= 11 is 1.72. The Bertz CT molecular complexity index is 767. The minimum atomic E-state index is 0.569. The highest BCUT2D eigenvalue weighted by atomic mass is 32.1. The first-order chi connectivity index (χ1) is 10.2. The lowest BCUT2D eigenvalue weighted by Gasteiger charge is -2.08. The molecular weight excluding hydrogens is 282 g/mol. The fourth-order valence-electron chi connectivity index (χ4n) is 2.14. The second-order valence-electron chi connectivity index (χ2n) is 4.81. The van der Waals surface area contributed by atoms with Crippen LogP contribution < -0.4 is 11.1 Å². The van der Waals surface area contributed by atoms with Crippen molar-refractivity contribution in [3.63, 3.8) is 0 Å². The second kappa shape index (κ2) is 5.75. The summed E-state index contributed by atoms with van der Waals surface area (Å²) in [6.45, 7) is 5.47. The first kappa shape index (κ1) is 13.9. The van der Waals surface area contributed by atoms with Crippen LogP contribution in [0.15, 0.2) is 24.5 Å². The molecule has 0 unspecified atom stereocenters. The van der Waals surface area contributed by atoms with Crippen molar-refractivity contribution < 1.29 is 0 Å². The van der Waals surface area contributed by atoms with Crippen molar-refractivity contribution in [2.45, 2.75) is 13.8 Å². The fraction of sp³-hybridized carbons (Fsp3) is 0.267. The van der Waals surface area contributed by atoms with Crippen molar-refractivity contribution in [1.29, 1.82) is 0 Å². The molecule has 0 amide bonds. The standard InChI is InChI=1S/C15H17N5S/c1-9-10(2)21-13-12(9)19-14(11-3-6-17-7-4-11)20-15(13)18-8-5-16/h3-4,6-7H,5,8,16H2,1-2H3,(H,18,19,20). The summed E-state index contributed by atoms with van der Waals surface area (Å²) in [6.07, 6.45) is 3.50. The number of nitrogens with one attached hydrogen (secondary N) is 1. The number of hydrogen-bond donors (Lipinski definition) is 2. The van der Waals surface area contributed by atoms with Gasteiger partial charge in [-0.15, -0.1) is 11.3 Å². The summed E-state index contributed by atoms with van der Waals surface area (Å²) in [4.78, 5) is 14.7. The number of nitrogens with zero attached hydrogens (tertiary/aromatic N) is 3. The summed E-state index contributed by atoms with van der Waals surface area (Å²) in [6, 6.07) is 3.84. The molecule has 0 aliphatic heterocycles. The minimum Gasteiger partial charge on any atom is -0.367 e. The van der Waals surface area contributed by atoms with E-state index in [4.69, 9.17) is 10.7 Å². The molecule has 0 fully saturated rings. The van der Waals surface area contributed by atoms with E-state index in [9.17, 15) is 0 Å². The predicted octanol–water partition coefficient (Wildman–Crippen LogP) is 2.74. The molecule has 3 N–H and O–H groups in total. The highest BCUT2D eigenvalue weighted by Gasteiger charge is 2.14. The third kappa shape index (κ3) is 2.59. The lowest BCUT2D eigenvalue weighted by atomic mass is 10.2. The first-order valence-corrected chi connectivity index (χ1v) is 7.64. The Morgan fingerprint density at radius 3 is 2.67 bits per heavy atom. The van der Waals surface area contributed by atoms with E-state index >= 15 is 0 Å². The lowest BCUT2D eigenvalue weighted by Crippen LogP contribution is -2.14. The summed E-state index contributed by atoms with van der Waals surface area (Å²) in [5, 5.41) is 3.31. The van der Waals surface area contributed by atoms with Crippen molar-refractivity contribution >= 4 is 27.4 Å². The van der Waals surface area contributed by atoms with E-state index < -0.39 is 0 Å². The SMILES string of the molecule is Cc1sc2c(NCCN)nc(-c3ccncc3)nc2c1C. The predicted molar refractivity (Wildman–Crippen MR) is 87.7 cm³/mol. The number of nitrogens with two attached hydrogens (primary N) is 1. The van der Waals surface area contributed by atoms with Crippen LogP contribution in [0.25, 0.3) is 21.6 Å². The van der Waals surface area contributed by atoms with Gasteiger partial charge in [0.05, 0.1) is 10.2 Å². The Morgan fingerprint density at radius 1 is 1.19 bits per heavy atom. The second-order valence-corrected chi connectivity index (χ2v) is 6.03. The van der Waals surface area contributed by atoms with Gasteiger partial charge in [-0.25, -0.2) is 9.97 Å². The van der Waals surface area contributed by atoms with E-state index in [1.165, 1.54) is 10.4 Å². The van der Waals surface area contributed by atoms with E-state index in [0.29, 0.717) is 18.9 Å². The van der Waals surface area contributed by atoms with E-state index in [2.05, 4.69) is 29.1 Å². The van der Waals surface area contributed by atoms with Crippen LogP contribution in [0.1, 0.15) is 10.4 Å². The largest absolute Gasteiger partial charge is 0.367 e. The van der Waals surface area contributed by atoms with Crippen LogP contribution in [0.3, 0.4) is 0 Å². The van der Waals surface area contributed by atoms with Gasteiger partial charge in [0, 0.05) is 35.9 Å². The zero-order chi connectivity index (χ0) is 14.8. The number of hydrogen-bond acceptors (Lipinski definition) is 6. The normalized spacial score (nSPS) is 11.0. The molecule has 5 nitrogen and oxygen atoms in total. The number of fused-ring (bicyclic) bond motifs is 1. The Kier molecular flexibility index (Phi) is 3.81. The number of aromatic nitrogens is 3. The molecule has 6 heteroatoms. The number of aryl methyl sites for hydroxylation is 2. The molecule has 0 spiro atoms. The first-order valence-electron chi connectivity index (χ1n) is 6.82. The number of anilines is 1. The number of pyridine rings is 1. The highest BCUT2D eigenvalue weighted by Crippen LogP contribution is 2.34. The molecule has 0 aliphatic rings. The molecular formula is C15H17N5S. The fourth-order valence-corrected chi connectivity index (χ4v) is 3.20. The molecule has 0 radical (unpaired) electrons. The molecule has 0 aromatic carbocycles. The van der Waals surface area contributed by atoms with Crippen molar-refractivity contribution in [3.8, 4) is 11.4 Å². The minimum absolute atomic E-state index is 0.569. The summed E-state index contributed by atoms with van der Waals surface area (Å²) in [5.41, 5.74) is 8.78. The maximum absolute atomic E-state index is 5.59. The van der Waals surface area contributed by atoms with Gasteiger partial charge in [-0.1, -0.05) is 0 Å². The Labute approximate surface area is 127 Å². The van der Waals surface area contributed by atoms with E-state index in [0.717, 1.165) is 21.6 Å². The van der Waals surface area contributed by atoms with Gasteiger partial charge in [-0.2, -0.15) is 0 Å². The van der Waals surface area contributed by atoms with E-state index in [-0.39, 0.29) is 0 Å².